The van der Waals surface area contributed by atoms with E-state index in [9.17, 15) is 4.79 Å². The first-order valence-electron chi connectivity index (χ1n) is 15.8. The number of carbonyl (C=O) groups excluding carboxylic acids is 1. The third-order valence-electron chi connectivity index (χ3n) is 11.7. The Morgan fingerprint density at radius 2 is 1.82 bits per heavy atom. The minimum absolute atomic E-state index is 0.0141. The molecule has 0 aliphatic heterocycles. The molecule has 0 heterocycles. The second kappa shape index (κ2) is 11.7. The summed E-state index contributed by atoms with van der Waals surface area (Å²) in [7, 11) is 0. The largest absolute Gasteiger partial charge is 0.466 e. The van der Waals surface area contributed by atoms with Crippen LogP contribution in [0, 0.1) is 40.4 Å². The van der Waals surface area contributed by atoms with Gasteiger partial charge in [0.15, 0.2) is 6.29 Å². The number of esters is 1. The van der Waals surface area contributed by atoms with Crippen LogP contribution in [0.4, 0.5) is 8.78 Å². The van der Waals surface area contributed by atoms with E-state index in [1.165, 1.54) is 46.0 Å². The molecule has 0 bridgehead atoms. The Bertz CT molecular complexity index is 900. The van der Waals surface area contributed by atoms with Crippen molar-refractivity contribution < 1.29 is 27.8 Å². The van der Waals surface area contributed by atoms with E-state index in [2.05, 4.69) is 19.9 Å². The summed E-state index contributed by atoms with van der Waals surface area (Å²) < 4.78 is 47.8. The van der Waals surface area contributed by atoms with E-state index in [1.807, 2.05) is 6.92 Å². The predicted molar refractivity (Wildman–Crippen MR) is 150 cm³/mol. The summed E-state index contributed by atoms with van der Waals surface area (Å²) in [5.74, 6) is -1.95. The van der Waals surface area contributed by atoms with Crippen LogP contribution in [0.25, 0.3) is 0 Å². The van der Waals surface area contributed by atoms with Crippen molar-refractivity contribution in [3.8, 4) is 0 Å². The maximum Gasteiger partial charge on any atom is 0.309 e. The molecule has 0 amide bonds. The number of hydrogen-bond donors (Lipinski definition) is 0. The third kappa shape index (κ3) is 5.72. The monoisotopic (exact) mass is 552 g/mol. The molecule has 0 aromatic carbocycles. The van der Waals surface area contributed by atoms with E-state index < -0.39 is 30.2 Å². The maximum absolute atomic E-state index is 15.6. The molecule has 4 aliphatic carbocycles. The maximum atomic E-state index is 15.6. The van der Waals surface area contributed by atoms with Crippen molar-refractivity contribution >= 4 is 5.97 Å². The Morgan fingerprint density at radius 3 is 2.51 bits per heavy atom. The lowest BCUT2D eigenvalue weighted by molar-refractivity contribution is -0.265. The zero-order chi connectivity index (χ0) is 28.6. The molecule has 3 fully saturated rings. The van der Waals surface area contributed by atoms with Crippen molar-refractivity contribution in [2.45, 2.75) is 137 Å². The third-order valence-corrected chi connectivity index (χ3v) is 11.7. The topological polar surface area (TPSA) is 44.8 Å². The van der Waals surface area contributed by atoms with Gasteiger partial charge in [-0.05, 0) is 127 Å². The average Bonchev–Trinajstić information content (AvgIpc) is 3.20. The second-order valence-corrected chi connectivity index (χ2v) is 13.9. The number of hydrogen-bond acceptors (Lipinski definition) is 4. The summed E-state index contributed by atoms with van der Waals surface area (Å²) in [5.41, 5.74) is 0.304. The number of rotatable bonds is 11. The minimum atomic E-state index is -3.11. The quantitative estimate of drug-likeness (QED) is 0.146. The van der Waals surface area contributed by atoms with E-state index in [4.69, 9.17) is 14.2 Å². The molecular weight excluding hydrogens is 498 g/mol. The van der Waals surface area contributed by atoms with Crippen molar-refractivity contribution in [2.75, 3.05) is 13.2 Å². The van der Waals surface area contributed by atoms with Gasteiger partial charge in [-0.2, -0.15) is 0 Å². The predicted octanol–water partition coefficient (Wildman–Crippen LogP) is 8.73. The zero-order valence-electron chi connectivity index (χ0n) is 25.6. The molecule has 224 valence electrons. The Hall–Kier alpha value is -1.01. The van der Waals surface area contributed by atoms with Crippen LogP contribution >= 0.6 is 0 Å². The van der Waals surface area contributed by atoms with Crippen LogP contribution < -0.4 is 0 Å². The van der Waals surface area contributed by atoms with Gasteiger partial charge in [0.05, 0.1) is 12.5 Å². The number of fused-ring (bicyclic) bond motifs is 5. The molecule has 4 rings (SSSR count). The summed E-state index contributed by atoms with van der Waals surface area (Å²) >= 11 is 0. The van der Waals surface area contributed by atoms with Crippen molar-refractivity contribution in [3.63, 3.8) is 0 Å². The lowest BCUT2D eigenvalue weighted by Crippen LogP contribution is -2.51. The molecule has 4 nitrogen and oxygen atoms in total. The van der Waals surface area contributed by atoms with Gasteiger partial charge in [-0.1, -0.05) is 31.9 Å². The fraction of sp³-hybridized carbons (Fsp3) is 0.909. The highest BCUT2D eigenvalue weighted by Crippen LogP contribution is 2.67. The molecule has 0 saturated heterocycles. The molecule has 0 N–H and O–H groups in total. The minimum Gasteiger partial charge on any atom is -0.466 e. The molecule has 4 aliphatic rings. The highest BCUT2D eigenvalue weighted by atomic mass is 19.3. The Kier molecular flexibility index (Phi) is 9.28. The van der Waals surface area contributed by atoms with Crippen LogP contribution in [0.1, 0.15) is 119 Å². The van der Waals surface area contributed by atoms with Crippen LogP contribution in [0.2, 0.25) is 0 Å². The van der Waals surface area contributed by atoms with Gasteiger partial charge < -0.3 is 14.2 Å². The average molecular weight is 553 g/mol. The molecule has 3 saturated carbocycles. The summed E-state index contributed by atoms with van der Waals surface area (Å²) in [5, 5.41) is 0. The lowest BCUT2D eigenvalue weighted by Gasteiger charge is -2.58. The van der Waals surface area contributed by atoms with Gasteiger partial charge in [0.1, 0.15) is 5.60 Å². The molecular formula is C33H54F2O4. The van der Waals surface area contributed by atoms with Crippen molar-refractivity contribution in [1.29, 1.82) is 0 Å². The highest BCUT2D eigenvalue weighted by Gasteiger charge is 2.60. The molecule has 0 aromatic heterocycles. The first-order valence-corrected chi connectivity index (χ1v) is 15.8. The summed E-state index contributed by atoms with van der Waals surface area (Å²) in [6.45, 7) is 13.7. The van der Waals surface area contributed by atoms with Crippen molar-refractivity contribution in [1.82, 2.24) is 0 Å². The smallest absolute Gasteiger partial charge is 0.309 e. The molecule has 0 radical (unpaired) electrons. The number of alkyl halides is 2. The van der Waals surface area contributed by atoms with Crippen molar-refractivity contribution in [2.24, 2.45) is 40.4 Å². The molecule has 8 atom stereocenters. The van der Waals surface area contributed by atoms with Gasteiger partial charge >= 0.3 is 5.97 Å². The fourth-order valence-electron chi connectivity index (χ4n) is 9.54. The Labute approximate surface area is 236 Å². The fourth-order valence-corrected chi connectivity index (χ4v) is 9.54. The van der Waals surface area contributed by atoms with Crippen LogP contribution in [0.5, 0.6) is 0 Å². The van der Waals surface area contributed by atoms with Crippen LogP contribution in [0.15, 0.2) is 11.6 Å². The van der Waals surface area contributed by atoms with Gasteiger partial charge in [0.2, 0.25) is 0 Å². The van der Waals surface area contributed by atoms with E-state index in [1.54, 1.807) is 19.4 Å². The Balaban J connectivity index is 1.53. The number of carbonyl (C=O) groups is 1. The molecule has 1 unspecified atom stereocenters. The van der Waals surface area contributed by atoms with E-state index in [-0.39, 0.29) is 30.3 Å². The number of allylic oxidation sites excluding steroid dienone is 2. The standard InChI is InChI=1S/C33H54F2O4/c1-8-37-22(3)39-30(4,5)33(34,35)21-17-25(29(36)38-9-2)27-16-15-26-24-14-13-23-12-10-11-19-31(23,6)28(24)18-20-32(26,27)7/h13,22,24-28H,8-12,14-21H2,1-7H3/t22?,24-,25+,26-,27+,28-,31-,32-/m0/s1. The molecule has 0 aromatic rings. The van der Waals surface area contributed by atoms with E-state index in [0.29, 0.717) is 29.8 Å². The lowest BCUT2D eigenvalue weighted by atomic mass is 9.47. The van der Waals surface area contributed by atoms with Crippen LogP contribution in [0.3, 0.4) is 0 Å². The number of ether oxygens (including phenoxy) is 3. The molecule has 0 spiro atoms. The van der Waals surface area contributed by atoms with Gasteiger partial charge in [-0.3, -0.25) is 4.79 Å². The normalized spacial score (nSPS) is 36.3. The molecule has 6 heteroatoms. The van der Waals surface area contributed by atoms with Crippen LogP contribution in [-0.2, 0) is 19.0 Å². The first kappa shape index (κ1) is 30.9. The van der Waals surface area contributed by atoms with Gasteiger partial charge in [0, 0.05) is 13.0 Å². The van der Waals surface area contributed by atoms with E-state index >= 15 is 8.78 Å². The number of halogens is 2. The molecule has 39 heavy (non-hydrogen) atoms. The highest BCUT2D eigenvalue weighted by molar-refractivity contribution is 5.73. The SMILES string of the molecule is CCOC(=O)[C@H](CCC(F)(F)C(C)(C)OC(C)OCC)[C@H]1CC[C@H]2[C@@H]3CC=C4CCCC[C@]4(C)[C@H]3CC[C@]12C. The van der Waals surface area contributed by atoms with E-state index in [0.717, 1.165) is 25.7 Å². The zero-order valence-corrected chi connectivity index (χ0v) is 25.6. The summed E-state index contributed by atoms with van der Waals surface area (Å²) in [6.07, 6.45) is 12.2. The Morgan fingerprint density at radius 1 is 1.08 bits per heavy atom. The van der Waals surface area contributed by atoms with Gasteiger partial charge in [-0.25, -0.2) is 8.78 Å². The summed E-state index contributed by atoms with van der Waals surface area (Å²) in [4.78, 5) is 13.4. The van der Waals surface area contributed by atoms with Crippen molar-refractivity contribution in [3.05, 3.63) is 11.6 Å². The second-order valence-electron chi connectivity index (χ2n) is 13.9. The first-order chi connectivity index (χ1) is 18.3. The van der Waals surface area contributed by atoms with Crippen LogP contribution in [-0.4, -0.2) is 37.0 Å². The van der Waals surface area contributed by atoms with Gasteiger partial charge in [0.25, 0.3) is 5.92 Å². The summed E-state index contributed by atoms with van der Waals surface area (Å²) in [6, 6.07) is 0. The van der Waals surface area contributed by atoms with Gasteiger partial charge in [-0.15, -0.1) is 0 Å².